The van der Waals surface area contributed by atoms with Gasteiger partial charge in [0.2, 0.25) is 0 Å². The Kier molecular flexibility index (Phi) is 2.68. The Morgan fingerprint density at radius 3 is 1.83 bits per heavy atom. The zero-order valence-electron chi connectivity index (χ0n) is 7.49. The van der Waals surface area contributed by atoms with Crippen LogP contribution in [-0.4, -0.2) is 23.0 Å². The van der Waals surface area contributed by atoms with Crippen LogP contribution >= 0.6 is 0 Å². The summed E-state index contributed by atoms with van der Waals surface area (Å²) in [4.78, 5) is 2.00. The molecule has 0 aromatic carbocycles. The predicted octanol–water partition coefficient (Wildman–Crippen LogP) is 1.27. The third-order valence-corrected chi connectivity index (χ3v) is 2.33. The van der Waals surface area contributed by atoms with Crippen molar-refractivity contribution in [1.29, 1.82) is 10.5 Å². The summed E-state index contributed by atoms with van der Waals surface area (Å²) < 4.78 is 0. The van der Waals surface area contributed by atoms with Crippen LogP contribution in [0, 0.1) is 22.7 Å². The molecule has 3 heteroatoms. The molecule has 0 amide bonds. The van der Waals surface area contributed by atoms with Crippen molar-refractivity contribution in [2.45, 2.75) is 44.8 Å². The van der Waals surface area contributed by atoms with Crippen LogP contribution in [0.5, 0.6) is 0 Å². The van der Waals surface area contributed by atoms with Crippen molar-refractivity contribution < 1.29 is 0 Å². The summed E-state index contributed by atoms with van der Waals surface area (Å²) in [6, 6.07) is 4.67. The number of nitrogens with zero attached hydrogens (tertiary/aromatic N) is 3. The maximum atomic E-state index is 8.80. The van der Waals surface area contributed by atoms with Crippen molar-refractivity contribution in [2.75, 3.05) is 0 Å². The highest BCUT2D eigenvalue weighted by molar-refractivity contribution is 5.07. The first-order valence-electron chi connectivity index (χ1n) is 4.27. The second-order valence-electron chi connectivity index (χ2n) is 3.41. The van der Waals surface area contributed by atoms with Crippen LogP contribution in [0.15, 0.2) is 0 Å². The van der Waals surface area contributed by atoms with Gasteiger partial charge in [0.15, 0.2) is 0 Å². The first-order chi connectivity index (χ1) is 5.70. The van der Waals surface area contributed by atoms with E-state index in [1.54, 1.807) is 0 Å². The summed E-state index contributed by atoms with van der Waals surface area (Å²) in [6.07, 6.45) is 1.68. The van der Waals surface area contributed by atoms with Crippen molar-refractivity contribution in [3.63, 3.8) is 0 Å². The number of likely N-dealkylation sites (tertiary alicyclic amines) is 1. The Hall–Kier alpha value is -1.06. The third kappa shape index (κ3) is 1.42. The normalized spacial score (nSPS) is 30.1. The molecule has 0 aliphatic carbocycles. The van der Waals surface area contributed by atoms with Gasteiger partial charge >= 0.3 is 0 Å². The van der Waals surface area contributed by atoms with Crippen LogP contribution < -0.4 is 0 Å². The summed E-state index contributed by atoms with van der Waals surface area (Å²) >= 11 is 0. The lowest BCUT2D eigenvalue weighted by Gasteiger charge is -2.26. The number of rotatable bonds is 1. The van der Waals surface area contributed by atoms with E-state index in [0.717, 1.165) is 12.8 Å². The smallest absolute Gasteiger partial charge is 0.0991 e. The maximum Gasteiger partial charge on any atom is 0.0991 e. The molecule has 2 atom stereocenters. The molecule has 1 aliphatic rings. The van der Waals surface area contributed by atoms with Crippen LogP contribution in [0.2, 0.25) is 0 Å². The van der Waals surface area contributed by atoms with Gasteiger partial charge in [0.1, 0.15) is 0 Å². The number of nitriles is 2. The van der Waals surface area contributed by atoms with Crippen molar-refractivity contribution in [1.82, 2.24) is 4.90 Å². The van der Waals surface area contributed by atoms with Crippen molar-refractivity contribution in [3.8, 4) is 12.1 Å². The molecule has 1 heterocycles. The Morgan fingerprint density at radius 1 is 1.17 bits per heavy atom. The SMILES string of the molecule is CC(C)N1[C@H](C#N)CC[C@H]1C#N. The van der Waals surface area contributed by atoms with E-state index in [9.17, 15) is 0 Å². The van der Waals surface area contributed by atoms with E-state index in [-0.39, 0.29) is 12.1 Å². The van der Waals surface area contributed by atoms with Crippen molar-refractivity contribution in [3.05, 3.63) is 0 Å². The van der Waals surface area contributed by atoms with Crippen LogP contribution in [-0.2, 0) is 0 Å². The molecule has 0 saturated carbocycles. The van der Waals surface area contributed by atoms with Gasteiger partial charge in [0.25, 0.3) is 0 Å². The molecule has 0 bridgehead atoms. The molecule has 1 saturated heterocycles. The van der Waals surface area contributed by atoms with Gasteiger partial charge in [0, 0.05) is 6.04 Å². The Morgan fingerprint density at radius 2 is 1.58 bits per heavy atom. The van der Waals surface area contributed by atoms with Gasteiger partial charge in [-0.25, -0.2) is 0 Å². The molecule has 12 heavy (non-hydrogen) atoms. The molecule has 1 aliphatic heterocycles. The molecule has 0 radical (unpaired) electrons. The van der Waals surface area contributed by atoms with E-state index >= 15 is 0 Å². The lowest BCUT2D eigenvalue weighted by molar-refractivity contribution is 0.204. The van der Waals surface area contributed by atoms with Gasteiger partial charge in [-0.3, -0.25) is 4.90 Å². The average molecular weight is 163 g/mol. The van der Waals surface area contributed by atoms with E-state index in [1.807, 2.05) is 18.7 Å². The van der Waals surface area contributed by atoms with Gasteiger partial charge in [-0.1, -0.05) is 0 Å². The van der Waals surface area contributed by atoms with Crippen LogP contribution in [0.4, 0.5) is 0 Å². The third-order valence-electron chi connectivity index (χ3n) is 2.33. The molecule has 0 N–H and O–H groups in total. The predicted molar refractivity (Wildman–Crippen MR) is 45.0 cm³/mol. The second kappa shape index (κ2) is 3.56. The highest BCUT2D eigenvalue weighted by atomic mass is 15.2. The van der Waals surface area contributed by atoms with E-state index in [0.29, 0.717) is 6.04 Å². The first-order valence-corrected chi connectivity index (χ1v) is 4.27. The second-order valence-corrected chi connectivity index (χ2v) is 3.41. The van der Waals surface area contributed by atoms with Gasteiger partial charge in [-0.05, 0) is 26.7 Å². The molecule has 0 aromatic heterocycles. The van der Waals surface area contributed by atoms with Crippen LogP contribution in [0.1, 0.15) is 26.7 Å². The molecular weight excluding hydrogens is 150 g/mol. The molecule has 64 valence electrons. The Bertz CT molecular complexity index is 211. The summed E-state index contributed by atoms with van der Waals surface area (Å²) in [7, 11) is 0. The average Bonchev–Trinajstić information content (AvgIpc) is 2.46. The fourth-order valence-electron chi connectivity index (χ4n) is 1.81. The minimum absolute atomic E-state index is 0.0466. The van der Waals surface area contributed by atoms with E-state index in [1.165, 1.54) is 0 Å². The highest BCUT2D eigenvalue weighted by Gasteiger charge is 2.34. The van der Waals surface area contributed by atoms with Crippen LogP contribution in [0.3, 0.4) is 0 Å². The van der Waals surface area contributed by atoms with E-state index < -0.39 is 0 Å². The molecule has 0 spiro atoms. The largest absolute Gasteiger partial charge is 0.270 e. The lowest BCUT2D eigenvalue weighted by Crippen LogP contribution is -2.39. The summed E-state index contributed by atoms with van der Waals surface area (Å²) in [5.41, 5.74) is 0. The van der Waals surface area contributed by atoms with Gasteiger partial charge in [0.05, 0.1) is 24.2 Å². The number of hydrogen-bond donors (Lipinski definition) is 0. The standard InChI is InChI=1S/C9H13N3/c1-7(2)12-8(5-10)3-4-9(12)6-11/h7-9H,3-4H2,1-2H3/t8-,9-/m0/s1. The molecule has 3 nitrogen and oxygen atoms in total. The Balaban J connectivity index is 2.75. The van der Waals surface area contributed by atoms with Crippen molar-refractivity contribution in [2.24, 2.45) is 0 Å². The van der Waals surface area contributed by atoms with Crippen molar-refractivity contribution >= 4 is 0 Å². The first kappa shape index (κ1) is 9.03. The summed E-state index contributed by atoms with van der Waals surface area (Å²) in [5, 5.41) is 17.6. The monoisotopic (exact) mass is 163 g/mol. The fourth-order valence-corrected chi connectivity index (χ4v) is 1.81. The van der Waals surface area contributed by atoms with E-state index in [2.05, 4.69) is 12.1 Å². The zero-order chi connectivity index (χ0) is 9.14. The minimum atomic E-state index is -0.0466. The topological polar surface area (TPSA) is 50.8 Å². The van der Waals surface area contributed by atoms with E-state index in [4.69, 9.17) is 10.5 Å². The Labute approximate surface area is 73.2 Å². The molecule has 0 unspecified atom stereocenters. The number of hydrogen-bond acceptors (Lipinski definition) is 3. The van der Waals surface area contributed by atoms with Gasteiger partial charge in [-0.15, -0.1) is 0 Å². The highest BCUT2D eigenvalue weighted by Crippen LogP contribution is 2.25. The van der Waals surface area contributed by atoms with Gasteiger partial charge < -0.3 is 0 Å². The lowest BCUT2D eigenvalue weighted by atomic mass is 10.2. The molecule has 1 fully saturated rings. The molecule has 0 aromatic rings. The van der Waals surface area contributed by atoms with Gasteiger partial charge in [-0.2, -0.15) is 10.5 Å². The zero-order valence-corrected chi connectivity index (χ0v) is 7.49. The summed E-state index contributed by atoms with van der Waals surface area (Å²) in [6.45, 7) is 4.06. The maximum absolute atomic E-state index is 8.80. The minimum Gasteiger partial charge on any atom is -0.270 e. The van der Waals surface area contributed by atoms with Crippen LogP contribution in [0.25, 0.3) is 0 Å². The molecule has 1 rings (SSSR count). The quantitative estimate of drug-likeness (QED) is 0.585. The summed E-state index contributed by atoms with van der Waals surface area (Å²) in [5.74, 6) is 0. The fraction of sp³-hybridized carbons (Fsp3) is 0.778. The molecular formula is C9H13N3.